The van der Waals surface area contributed by atoms with E-state index in [1.54, 1.807) is 44.2 Å². The SMILES string of the molecule is CCOc1cc(/C=C2/C(=O)NC(=O)N(c3ccccc3C)C2=O)ccc1OC(C)C(=O)O. The summed E-state index contributed by atoms with van der Waals surface area (Å²) in [5, 5.41) is 11.2. The number of amides is 4. The van der Waals surface area contributed by atoms with Gasteiger partial charge >= 0.3 is 12.0 Å². The Morgan fingerprint density at radius 2 is 1.88 bits per heavy atom. The molecule has 1 atom stereocenters. The van der Waals surface area contributed by atoms with Crippen LogP contribution in [0.1, 0.15) is 25.0 Å². The number of carbonyl (C=O) groups is 4. The number of imide groups is 2. The number of hydrogen-bond acceptors (Lipinski definition) is 6. The Balaban J connectivity index is 1.98. The summed E-state index contributed by atoms with van der Waals surface area (Å²) in [4.78, 5) is 49.8. The minimum Gasteiger partial charge on any atom is -0.490 e. The largest absolute Gasteiger partial charge is 0.490 e. The van der Waals surface area contributed by atoms with Crippen LogP contribution < -0.4 is 19.7 Å². The molecule has 3 rings (SSSR count). The third-order valence-electron chi connectivity index (χ3n) is 4.69. The van der Waals surface area contributed by atoms with Crippen molar-refractivity contribution >= 4 is 35.6 Å². The van der Waals surface area contributed by atoms with Gasteiger partial charge < -0.3 is 14.6 Å². The third-order valence-corrected chi connectivity index (χ3v) is 4.69. The molecule has 0 spiro atoms. The highest BCUT2D eigenvalue weighted by atomic mass is 16.5. The van der Waals surface area contributed by atoms with Gasteiger partial charge in [0.15, 0.2) is 17.6 Å². The lowest BCUT2D eigenvalue weighted by Gasteiger charge is -2.27. The Bertz CT molecular complexity index is 1120. The van der Waals surface area contributed by atoms with Gasteiger partial charge in [-0.3, -0.25) is 14.9 Å². The van der Waals surface area contributed by atoms with E-state index in [0.29, 0.717) is 16.8 Å². The van der Waals surface area contributed by atoms with Crippen LogP contribution in [0.15, 0.2) is 48.0 Å². The normalized spacial score (nSPS) is 16.0. The molecular weight excluding hydrogens is 416 g/mol. The Morgan fingerprint density at radius 1 is 1.16 bits per heavy atom. The van der Waals surface area contributed by atoms with E-state index in [1.807, 2.05) is 0 Å². The standard InChI is InChI=1S/C23H22N2O7/c1-4-31-19-12-15(9-10-18(19)32-14(3)22(28)29)11-16-20(26)24-23(30)25(21(16)27)17-8-6-5-7-13(17)2/h5-12,14H,4H2,1-3H3,(H,28,29)(H,24,26,30)/b16-11-. The molecule has 1 heterocycles. The van der Waals surface area contributed by atoms with E-state index in [-0.39, 0.29) is 23.7 Å². The lowest BCUT2D eigenvalue weighted by Crippen LogP contribution is -2.54. The second kappa shape index (κ2) is 9.34. The van der Waals surface area contributed by atoms with Crippen molar-refractivity contribution in [1.82, 2.24) is 5.32 Å². The second-order valence-electron chi connectivity index (χ2n) is 6.98. The average molecular weight is 438 g/mol. The van der Waals surface area contributed by atoms with Crippen molar-refractivity contribution in [2.24, 2.45) is 0 Å². The zero-order valence-electron chi connectivity index (χ0n) is 17.7. The summed E-state index contributed by atoms with van der Waals surface area (Å²) in [5.41, 5.74) is 1.26. The lowest BCUT2D eigenvalue weighted by atomic mass is 10.1. The van der Waals surface area contributed by atoms with E-state index < -0.39 is 29.9 Å². The molecule has 32 heavy (non-hydrogen) atoms. The summed E-state index contributed by atoms with van der Waals surface area (Å²) in [7, 11) is 0. The highest BCUT2D eigenvalue weighted by Crippen LogP contribution is 2.31. The number of rotatable bonds is 7. The highest BCUT2D eigenvalue weighted by molar-refractivity contribution is 6.39. The van der Waals surface area contributed by atoms with Gasteiger partial charge in [-0.15, -0.1) is 0 Å². The van der Waals surface area contributed by atoms with E-state index in [0.717, 1.165) is 4.90 Å². The van der Waals surface area contributed by atoms with Gasteiger partial charge in [0.1, 0.15) is 5.57 Å². The Hall–Kier alpha value is -4.14. The smallest absolute Gasteiger partial charge is 0.344 e. The van der Waals surface area contributed by atoms with E-state index in [4.69, 9.17) is 14.6 Å². The number of carboxylic acid groups (broad SMARTS) is 1. The van der Waals surface area contributed by atoms with Crippen LogP contribution >= 0.6 is 0 Å². The number of nitrogens with one attached hydrogen (secondary N) is 1. The quantitative estimate of drug-likeness (QED) is 0.503. The first-order chi connectivity index (χ1) is 15.2. The van der Waals surface area contributed by atoms with Gasteiger partial charge in [-0.1, -0.05) is 24.3 Å². The maximum Gasteiger partial charge on any atom is 0.344 e. The molecule has 166 valence electrons. The fraction of sp³-hybridized carbons (Fsp3) is 0.217. The average Bonchev–Trinajstić information content (AvgIpc) is 2.74. The topological polar surface area (TPSA) is 122 Å². The molecule has 0 aromatic heterocycles. The van der Waals surface area contributed by atoms with Gasteiger partial charge in [0.2, 0.25) is 0 Å². The molecule has 9 nitrogen and oxygen atoms in total. The fourth-order valence-electron chi connectivity index (χ4n) is 3.08. The van der Waals surface area contributed by atoms with E-state index in [2.05, 4.69) is 5.32 Å². The van der Waals surface area contributed by atoms with Crippen LogP contribution in [0.25, 0.3) is 6.08 Å². The van der Waals surface area contributed by atoms with Gasteiger partial charge in [-0.05, 0) is 56.2 Å². The van der Waals surface area contributed by atoms with E-state index in [1.165, 1.54) is 25.1 Å². The number of urea groups is 1. The minimum absolute atomic E-state index is 0.208. The molecule has 1 aliphatic heterocycles. The molecule has 0 saturated carbocycles. The Labute approximate surface area is 184 Å². The molecule has 0 bridgehead atoms. The third kappa shape index (κ3) is 4.61. The molecule has 1 saturated heterocycles. The number of barbiturate groups is 1. The van der Waals surface area contributed by atoms with Gasteiger partial charge in [0, 0.05) is 0 Å². The van der Waals surface area contributed by atoms with Crippen LogP contribution in [0.3, 0.4) is 0 Å². The van der Waals surface area contributed by atoms with Crippen LogP contribution in [0.5, 0.6) is 11.5 Å². The maximum atomic E-state index is 13.1. The number of anilines is 1. The predicted molar refractivity (Wildman–Crippen MR) is 116 cm³/mol. The maximum absolute atomic E-state index is 13.1. The molecule has 1 fully saturated rings. The molecule has 2 N–H and O–H groups in total. The van der Waals surface area contributed by atoms with Gasteiger partial charge in [-0.2, -0.15) is 0 Å². The Kier molecular flexibility index (Phi) is 6.58. The van der Waals surface area contributed by atoms with Crippen LogP contribution in [0.2, 0.25) is 0 Å². The summed E-state index contributed by atoms with van der Waals surface area (Å²) in [6, 6.07) is 10.6. The van der Waals surface area contributed by atoms with Crippen molar-refractivity contribution in [3.05, 3.63) is 59.2 Å². The summed E-state index contributed by atoms with van der Waals surface area (Å²) >= 11 is 0. The lowest BCUT2D eigenvalue weighted by molar-refractivity contribution is -0.144. The number of para-hydroxylation sites is 1. The number of benzene rings is 2. The fourth-order valence-corrected chi connectivity index (χ4v) is 3.08. The molecule has 0 aliphatic carbocycles. The summed E-state index contributed by atoms with van der Waals surface area (Å²) in [6.07, 6.45) is 0.236. The molecule has 1 unspecified atom stereocenters. The van der Waals surface area contributed by atoms with Gasteiger partial charge in [-0.25, -0.2) is 14.5 Å². The van der Waals surface area contributed by atoms with E-state index >= 15 is 0 Å². The van der Waals surface area contributed by atoms with Gasteiger partial charge in [0.25, 0.3) is 11.8 Å². The number of carboxylic acids is 1. The zero-order chi connectivity index (χ0) is 23.4. The Morgan fingerprint density at radius 3 is 2.53 bits per heavy atom. The summed E-state index contributed by atoms with van der Waals surface area (Å²) in [6.45, 7) is 5.17. The second-order valence-corrected chi connectivity index (χ2v) is 6.98. The van der Waals surface area contributed by atoms with Gasteiger partial charge in [0.05, 0.1) is 12.3 Å². The van der Waals surface area contributed by atoms with Crippen molar-refractivity contribution in [1.29, 1.82) is 0 Å². The highest BCUT2D eigenvalue weighted by Gasteiger charge is 2.37. The molecular formula is C23H22N2O7. The van der Waals surface area contributed by atoms with Crippen molar-refractivity contribution in [3.63, 3.8) is 0 Å². The minimum atomic E-state index is -1.14. The van der Waals surface area contributed by atoms with Crippen molar-refractivity contribution in [3.8, 4) is 11.5 Å². The van der Waals surface area contributed by atoms with Crippen LogP contribution in [-0.4, -0.2) is 41.6 Å². The number of hydrogen-bond donors (Lipinski definition) is 2. The van der Waals surface area contributed by atoms with E-state index in [9.17, 15) is 19.2 Å². The number of carbonyl (C=O) groups excluding carboxylic acids is 3. The first kappa shape index (κ1) is 22.5. The molecule has 1 aliphatic rings. The molecule has 2 aromatic carbocycles. The summed E-state index contributed by atoms with van der Waals surface area (Å²) in [5.74, 6) is -2.25. The number of aliphatic carboxylic acids is 1. The first-order valence-electron chi connectivity index (χ1n) is 9.86. The monoisotopic (exact) mass is 438 g/mol. The first-order valence-corrected chi connectivity index (χ1v) is 9.86. The molecule has 0 radical (unpaired) electrons. The van der Waals surface area contributed by atoms with Crippen LogP contribution in [-0.2, 0) is 14.4 Å². The number of nitrogens with zero attached hydrogens (tertiary/aromatic N) is 1. The van der Waals surface area contributed by atoms with Crippen molar-refractivity contribution in [2.45, 2.75) is 26.9 Å². The summed E-state index contributed by atoms with van der Waals surface area (Å²) < 4.78 is 10.9. The van der Waals surface area contributed by atoms with Crippen molar-refractivity contribution < 1.29 is 33.8 Å². The predicted octanol–water partition coefficient (Wildman–Crippen LogP) is 2.91. The van der Waals surface area contributed by atoms with Crippen LogP contribution in [0.4, 0.5) is 10.5 Å². The number of aryl methyl sites for hydroxylation is 1. The van der Waals surface area contributed by atoms with Crippen molar-refractivity contribution in [2.75, 3.05) is 11.5 Å². The molecule has 4 amide bonds. The number of ether oxygens (including phenoxy) is 2. The molecule has 9 heteroatoms. The zero-order valence-corrected chi connectivity index (χ0v) is 17.7. The molecule has 2 aromatic rings. The van der Waals surface area contributed by atoms with Crippen LogP contribution in [0, 0.1) is 6.92 Å².